The Hall–Kier alpha value is -2.66. The molecule has 2 aromatic carbocycles. The highest BCUT2D eigenvalue weighted by Gasteiger charge is 2.44. The monoisotopic (exact) mass is 339 g/mol. The summed E-state index contributed by atoms with van der Waals surface area (Å²) >= 11 is 0. The molecule has 1 aliphatic heterocycles. The highest BCUT2D eigenvalue weighted by molar-refractivity contribution is 5.95. The van der Waals surface area contributed by atoms with Crippen molar-refractivity contribution in [1.29, 1.82) is 0 Å². The maximum atomic E-state index is 12.3. The normalized spacial score (nSPS) is 22.5. The Morgan fingerprint density at radius 1 is 1.16 bits per heavy atom. The van der Waals surface area contributed by atoms with Gasteiger partial charge in [-0.2, -0.15) is 0 Å². The molecule has 0 aromatic heterocycles. The molecule has 5 heteroatoms. The molecule has 2 atom stereocenters. The number of carbonyl (C=O) groups excluding carboxylic acids is 2. The van der Waals surface area contributed by atoms with Crippen LogP contribution in [0.25, 0.3) is 10.8 Å². The van der Waals surface area contributed by atoms with Crippen molar-refractivity contribution in [3.8, 4) is 0 Å². The summed E-state index contributed by atoms with van der Waals surface area (Å²) in [6.45, 7) is 3.73. The van der Waals surface area contributed by atoms with Crippen molar-refractivity contribution in [3.63, 3.8) is 0 Å². The lowest BCUT2D eigenvalue weighted by atomic mass is 9.98. The number of fused-ring (bicyclic) bond motifs is 1. The first-order chi connectivity index (χ1) is 12.0. The first-order valence-corrected chi connectivity index (χ1v) is 8.23. The molecule has 0 spiro atoms. The summed E-state index contributed by atoms with van der Waals surface area (Å²) in [7, 11) is 1.33. The molecule has 0 saturated heterocycles. The highest BCUT2D eigenvalue weighted by atomic mass is 16.5. The van der Waals surface area contributed by atoms with Crippen molar-refractivity contribution >= 4 is 22.7 Å². The minimum atomic E-state index is -1.07. The van der Waals surface area contributed by atoms with Crippen LogP contribution in [-0.2, 0) is 19.1 Å². The Bertz CT molecular complexity index is 858. The van der Waals surface area contributed by atoms with E-state index in [4.69, 9.17) is 9.47 Å². The number of hydrogen-bond donors (Lipinski definition) is 1. The molecule has 0 fully saturated rings. The lowest BCUT2D eigenvalue weighted by Crippen LogP contribution is -2.46. The van der Waals surface area contributed by atoms with E-state index in [0.717, 1.165) is 16.3 Å². The quantitative estimate of drug-likeness (QED) is 0.868. The van der Waals surface area contributed by atoms with E-state index in [2.05, 4.69) is 5.32 Å². The van der Waals surface area contributed by atoms with Gasteiger partial charge in [0.2, 0.25) is 0 Å². The number of nitrogens with one attached hydrogen (secondary N) is 1. The predicted molar refractivity (Wildman–Crippen MR) is 95.0 cm³/mol. The van der Waals surface area contributed by atoms with Gasteiger partial charge in [-0.25, -0.2) is 9.59 Å². The summed E-state index contributed by atoms with van der Waals surface area (Å²) in [5.74, 6) is -0.877. The lowest BCUT2D eigenvalue weighted by Gasteiger charge is -2.24. The number of rotatable bonds is 4. The van der Waals surface area contributed by atoms with Crippen molar-refractivity contribution < 1.29 is 19.1 Å². The zero-order valence-electron chi connectivity index (χ0n) is 14.5. The Balaban J connectivity index is 2.02. The van der Waals surface area contributed by atoms with Gasteiger partial charge in [0.25, 0.3) is 0 Å². The smallest absolute Gasteiger partial charge is 0.335 e. The van der Waals surface area contributed by atoms with E-state index in [1.54, 1.807) is 19.9 Å². The largest absolute Gasteiger partial charge is 0.466 e. The molecule has 0 amide bonds. The maximum absolute atomic E-state index is 12.3. The van der Waals surface area contributed by atoms with E-state index < -0.39 is 23.5 Å². The molecule has 1 N–H and O–H groups in total. The van der Waals surface area contributed by atoms with Crippen LogP contribution < -0.4 is 5.32 Å². The Labute approximate surface area is 146 Å². The maximum Gasteiger partial charge on any atom is 0.335 e. The van der Waals surface area contributed by atoms with Gasteiger partial charge in [0, 0.05) is 0 Å². The number of esters is 2. The van der Waals surface area contributed by atoms with Crippen LogP contribution in [0.3, 0.4) is 0 Å². The molecule has 3 rings (SSSR count). The standard InChI is InChI=1S/C20H21NO4/c1-4-25-19(23)20(2)12-16(18(22)24-3)17(21-20)15-10-9-13-7-5-6-8-14(13)11-15/h5-12,17,21H,4H2,1-3H3/t17-,20+/m1/s1. The molecule has 0 saturated carbocycles. The van der Waals surface area contributed by atoms with Crippen LogP contribution >= 0.6 is 0 Å². The van der Waals surface area contributed by atoms with Crippen molar-refractivity contribution in [1.82, 2.24) is 5.32 Å². The summed E-state index contributed by atoms with van der Waals surface area (Å²) < 4.78 is 10.1. The molecule has 0 radical (unpaired) electrons. The SMILES string of the molecule is CCOC(=O)[C@]1(C)C=C(C(=O)OC)[C@@H](c2ccc3ccccc3c2)N1. The molecule has 5 nitrogen and oxygen atoms in total. The van der Waals surface area contributed by atoms with Crippen LogP contribution in [0.15, 0.2) is 54.1 Å². The van der Waals surface area contributed by atoms with Gasteiger partial charge in [-0.15, -0.1) is 0 Å². The van der Waals surface area contributed by atoms with E-state index in [9.17, 15) is 9.59 Å². The third-order valence-corrected chi connectivity index (χ3v) is 4.43. The second-order valence-corrected chi connectivity index (χ2v) is 6.20. The Kier molecular flexibility index (Phi) is 4.59. The number of carbonyl (C=O) groups is 2. The van der Waals surface area contributed by atoms with Gasteiger partial charge < -0.3 is 9.47 Å². The second kappa shape index (κ2) is 6.69. The summed E-state index contributed by atoms with van der Waals surface area (Å²) in [5.41, 5.74) is 0.229. The average Bonchev–Trinajstić information content (AvgIpc) is 3.00. The molecule has 1 heterocycles. The average molecular weight is 339 g/mol. The van der Waals surface area contributed by atoms with Gasteiger partial charge in [0.05, 0.1) is 25.3 Å². The third-order valence-electron chi connectivity index (χ3n) is 4.43. The van der Waals surface area contributed by atoms with Crippen molar-refractivity contribution in [3.05, 3.63) is 59.7 Å². The summed E-state index contributed by atoms with van der Waals surface area (Å²) in [6, 6.07) is 13.5. The van der Waals surface area contributed by atoms with Gasteiger partial charge in [0.1, 0.15) is 5.54 Å². The first kappa shape index (κ1) is 17.2. The molecular formula is C20H21NO4. The van der Waals surface area contributed by atoms with Crippen LogP contribution in [0.5, 0.6) is 0 Å². The summed E-state index contributed by atoms with van der Waals surface area (Å²) in [4.78, 5) is 24.6. The van der Waals surface area contributed by atoms with E-state index >= 15 is 0 Å². The topological polar surface area (TPSA) is 64.6 Å². The fourth-order valence-corrected chi connectivity index (χ4v) is 3.16. The Morgan fingerprint density at radius 3 is 2.56 bits per heavy atom. The van der Waals surface area contributed by atoms with Crippen molar-refractivity contribution in [2.45, 2.75) is 25.4 Å². The van der Waals surface area contributed by atoms with Crippen molar-refractivity contribution in [2.24, 2.45) is 0 Å². The van der Waals surface area contributed by atoms with E-state index in [1.807, 2.05) is 42.5 Å². The van der Waals surface area contributed by atoms with Gasteiger partial charge in [-0.1, -0.05) is 36.4 Å². The minimum absolute atomic E-state index is 0.276. The number of methoxy groups -OCH3 is 1. The highest BCUT2D eigenvalue weighted by Crippen LogP contribution is 2.35. The third kappa shape index (κ3) is 3.15. The molecule has 25 heavy (non-hydrogen) atoms. The fourth-order valence-electron chi connectivity index (χ4n) is 3.16. The fraction of sp³-hybridized carbons (Fsp3) is 0.300. The molecule has 130 valence electrons. The van der Waals surface area contributed by atoms with Gasteiger partial charge in [0.15, 0.2) is 0 Å². The summed E-state index contributed by atoms with van der Waals surface area (Å²) in [5, 5.41) is 5.41. The molecule has 2 aromatic rings. The molecular weight excluding hydrogens is 318 g/mol. The molecule has 0 bridgehead atoms. The molecule has 0 unspecified atom stereocenters. The predicted octanol–water partition coefficient (Wildman–Crippen LogP) is 2.91. The van der Waals surface area contributed by atoms with Gasteiger partial charge in [-0.3, -0.25) is 5.32 Å². The summed E-state index contributed by atoms with van der Waals surface area (Å²) in [6.07, 6.45) is 1.61. The minimum Gasteiger partial charge on any atom is -0.466 e. The first-order valence-electron chi connectivity index (χ1n) is 8.23. The molecule has 0 aliphatic carbocycles. The zero-order valence-corrected chi connectivity index (χ0v) is 14.5. The van der Waals surface area contributed by atoms with Crippen molar-refractivity contribution in [2.75, 3.05) is 13.7 Å². The van der Waals surface area contributed by atoms with Gasteiger partial charge in [-0.05, 0) is 42.3 Å². The number of hydrogen-bond acceptors (Lipinski definition) is 5. The number of benzene rings is 2. The van der Waals surface area contributed by atoms with Crippen LogP contribution in [0.4, 0.5) is 0 Å². The van der Waals surface area contributed by atoms with Crippen LogP contribution in [0.2, 0.25) is 0 Å². The zero-order chi connectivity index (χ0) is 18.0. The van der Waals surface area contributed by atoms with Crippen LogP contribution in [0.1, 0.15) is 25.5 Å². The van der Waals surface area contributed by atoms with Crippen LogP contribution in [0, 0.1) is 0 Å². The second-order valence-electron chi connectivity index (χ2n) is 6.20. The Morgan fingerprint density at radius 2 is 1.88 bits per heavy atom. The lowest BCUT2D eigenvalue weighted by molar-refractivity contribution is -0.148. The van der Waals surface area contributed by atoms with E-state index in [1.165, 1.54) is 7.11 Å². The number of ether oxygens (including phenoxy) is 2. The van der Waals surface area contributed by atoms with E-state index in [-0.39, 0.29) is 6.61 Å². The van der Waals surface area contributed by atoms with Crippen LogP contribution in [-0.4, -0.2) is 31.2 Å². The van der Waals surface area contributed by atoms with Gasteiger partial charge >= 0.3 is 11.9 Å². The molecule has 1 aliphatic rings. The van der Waals surface area contributed by atoms with E-state index in [0.29, 0.717) is 5.57 Å².